The fourth-order valence-corrected chi connectivity index (χ4v) is 5.27. The lowest BCUT2D eigenvalue weighted by Gasteiger charge is -2.41. The third-order valence-corrected chi connectivity index (χ3v) is 6.70. The lowest BCUT2D eigenvalue weighted by atomic mass is 9.62. The second-order valence-corrected chi connectivity index (χ2v) is 8.10. The van der Waals surface area contributed by atoms with E-state index in [1.165, 1.54) is 11.1 Å². The first kappa shape index (κ1) is 17.6. The van der Waals surface area contributed by atoms with Gasteiger partial charge in [0.2, 0.25) is 0 Å². The van der Waals surface area contributed by atoms with Crippen molar-refractivity contribution in [3.63, 3.8) is 0 Å². The molecule has 0 aliphatic heterocycles. The molecule has 3 rings (SSSR count). The molecule has 3 aliphatic carbocycles. The molecule has 0 aromatic carbocycles. The third-order valence-electron chi connectivity index (χ3n) is 6.70. The SMILES string of the molecule is C=C1CC[C@H](O)CC1=C/C=C1\CCC[C@]2(C)[C@@H](C(=O)CO)CC[C@@H]12. The minimum atomic E-state index is -0.326. The minimum absolute atomic E-state index is 0.00545. The third kappa shape index (κ3) is 3.16. The zero-order valence-corrected chi connectivity index (χ0v) is 14.8. The van der Waals surface area contributed by atoms with Crippen LogP contribution in [-0.2, 0) is 4.79 Å². The molecule has 3 fully saturated rings. The van der Waals surface area contributed by atoms with E-state index in [2.05, 4.69) is 25.7 Å². The highest BCUT2D eigenvalue weighted by Gasteiger charge is 2.51. The maximum atomic E-state index is 12.1. The number of aliphatic hydroxyl groups is 2. The first-order chi connectivity index (χ1) is 11.5. The molecular formula is C21H30O3. The highest BCUT2D eigenvalue weighted by atomic mass is 16.3. The summed E-state index contributed by atoms with van der Waals surface area (Å²) in [7, 11) is 0. The second-order valence-electron chi connectivity index (χ2n) is 8.10. The van der Waals surface area contributed by atoms with Crippen LogP contribution in [0, 0.1) is 17.3 Å². The molecule has 0 unspecified atom stereocenters. The number of carbonyl (C=O) groups excluding carboxylic acids is 1. The number of hydrogen-bond donors (Lipinski definition) is 2. The van der Waals surface area contributed by atoms with E-state index in [0.29, 0.717) is 12.3 Å². The number of fused-ring (bicyclic) bond motifs is 1. The summed E-state index contributed by atoms with van der Waals surface area (Å²) >= 11 is 0. The van der Waals surface area contributed by atoms with Crippen molar-refractivity contribution < 1.29 is 15.0 Å². The van der Waals surface area contributed by atoms with Gasteiger partial charge in [-0.25, -0.2) is 0 Å². The van der Waals surface area contributed by atoms with E-state index in [1.54, 1.807) is 0 Å². The van der Waals surface area contributed by atoms with Gasteiger partial charge >= 0.3 is 0 Å². The summed E-state index contributed by atoms with van der Waals surface area (Å²) in [6.07, 6.45) is 11.8. The van der Waals surface area contributed by atoms with Crippen molar-refractivity contribution in [2.45, 2.75) is 64.4 Å². The summed E-state index contributed by atoms with van der Waals surface area (Å²) in [5.74, 6) is 0.476. The zero-order valence-electron chi connectivity index (χ0n) is 14.8. The maximum Gasteiger partial charge on any atom is 0.161 e. The lowest BCUT2D eigenvalue weighted by Crippen LogP contribution is -2.37. The van der Waals surface area contributed by atoms with Crippen molar-refractivity contribution in [1.29, 1.82) is 0 Å². The van der Waals surface area contributed by atoms with Crippen molar-refractivity contribution >= 4 is 5.78 Å². The zero-order chi connectivity index (χ0) is 17.3. The summed E-state index contributed by atoms with van der Waals surface area (Å²) in [4.78, 5) is 12.1. The molecule has 3 aliphatic rings. The Labute approximate surface area is 145 Å². The predicted molar refractivity (Wildman–Crippen MR) is 95.4 cm³/mol. The fraction of sp³-hybridized carbons (Fsp3) is 0.667. The Morgan fingerprint density at radius 2 is 2.08 bits per heavy atom. The smallest absolute Gasteiger partial charge is 0.161 e. The van der Waals surface area contributed by atoms with E-state index in [9.17, 15) is 15.0 Å². The number of hydrogen-bond acceptors (Lipinski definition) is 3. The van der Waals surface area contributed by atoms with Gasteiger partial charge < -0.3 is 10.2 Å². The molecule has 0 amide bonds. The molecule has 4 atom stereocenters. The Kier molecular flexibility index (Phi) is 5.12. The number of allylic oxidation sites excluding steroid dienone is 4. The van der Waals surface area contributed by atoms with E-state index in [4.69, 9.17) is 0 Å². The van der Waals surface area contributed by atoms with Gasteiger partial charge in [0.25, 0.3) is 0 Å². The number of rotatable bonds is 3. The maximum absolute atomic E-state index is 12.1. The van der Waals surface area contributed by atoms with Crippen molar-refractivity contribution in [2.24, 2.45) is 17.3 Å². The number of Topliss-reactive ketones (excluding diaryl/α,β-unsaturated/α-hetero) is 1. The average Bonchev–Trinajstić information content (AvgIpc) is 2.92. The summed E-state index contributed by atoms with van der Waals surface area (Å²) < 4.78 is 0. The Bertz CT molecular complexity index is 586. The average molecular weight is 330 g/mol. The predicted octanol–water partition coefficient (Wildman–Crippen LogP) is 3.72. The Morgan fingerprint density at radius 3 is 2.83 bits per heavy atom. The molecule has 0 aromatic rings. The molecule has 132 valence electrons. The van der Waals surface area contributed by atoms with Crippen LogP contribution < -0.4 is 0 Å². The van der Waals surface area contributed by atoms with Gasteiger partial charge in [0.05, 0.1) is 6.10 Å². The molecule has 0 aromatic heterocycles. The van der Waals surface area contributed by atoms with Crippen molar-refractivity contribution in [2.75, 3.05) is 6.61 Å². The molecule has 2 N–H and O–H groups in total. The first-order valence-corrected chi connectivity index (χ1v) is 9.35. The van der Waals surface area contributed by atoms with Gasteiger partial charge in [0.1, 0.15) is 6.61 Å². The van der Waals surface area contributed by atoms with Crippen LogP contribution >= 0.6 is 0 Å². The van der Waals surface area contributed by atoms with Crippen LogP contribution in [0.15, 0.2) is 35.5 Å². The molecule has 3 heteroatoms. The van der Waals surface area contributed by atoms with Crippen LogP contribution in [0.25, 0.3) is 0 Å². The molecular weight excluding hydrogens is 300 g/mol. The molecule has 0 saturated heterocycles. The first-order valence-electron chi connectivity index (χ1n) is 9.35. The largest absolute Gasteiger partial charge is 0.393 e. The van der Waals surface area contributed by atoms with Gasteiger partial charge in [-0.15, -0.1) is 0 Å². The molecule has 0 radical (unpaired) electrons. The topological polar surface area (TPSA) is 57.5 Å². The van der Waals surface area contributed by atoms with Crippen molar-refractivity contribution in [1.82, 2.24) is 0 Å². The van der Waals surface area contributed by atoms with Gasteiger partial charge in [-0.3, -0.25) is 4.79 Å². The van der Waals surface area contributed by atoms with E-state index in [0.717, 1.165) is 50.5 Å². The van der Waals surface area contributed by atoms with E-state index < -0.39 is 0 Å². The lowest BCUT2D eigenvalue weighted by molar-refractivity contribution is -0.129. The monoisotopic (exact) mass is 330 g/mol. The summed E-state index contributed by atoms with van der Waals surface area (Å²) in [5.41, 5.74) is 3.77. The highest BCUT2D eigenvalue weighted by molar-refractivity contribution is 5.83. The summed E-state index contributed by atoms with van der Waals surface area (Å²) in [6.45, 7) is 6.06. The molecule has 24 heavy (non-hydrogen) atoms. The van der Waals surface area contributed by atoms with Crippen LogP contribution in [0.5, 0.6) is 0 Å². The van der Waals surface area contributed by atoms with Crippen molar-refractivity contribution in [3.8, 4) is 0 Å². The molecule has 0 bridgehead atoms. The van der Waals surface area contributed by atoms with E-state index in [-0.39, 0.29) is 29.8 Å². The van der Waals surface area contributed by atoms with E-state index >= 15 is 0 Å². The Hall–Kier alpha value is -1.19. The number of carbonyl (C=O) groups is 1. The highest BCUT2D eigenvalue weighted by Crippen LogP contribution is 2.57. The van der Waals surface area contributed by atoms with Crippen LogP contribution in [0.3, 0.4) is 0 Å². The van der Waals surface area contributed by atoms with Gasteiger partial charge in [-0.2, -0.15) is 0 Å². The van der Waals surface area contributed by atoms with Gasteiger partial charge in [-0.1, -0.05) is 36.8 Å². The Morgan fingerprint density at radius 1 is 1.29 bits per heavy atom. The van der Waals surface area contributed by atoms with Crippen LogP contribution in [0.4, 0.5) is 0 Å². The van der Waals surface area contributed by atoms with Crippen LogP contribution in [0.1, 0.15) is 58.3 Å². The summed E-state index contributed by atoms with van der Waals surface area (Å²) in [6, 6.07) is 0. The molecule has 3 nitrogen and oxygen atoms in total. The Balaban J connectivity index is 1.82. The van der Waals surface area contributed by atoms with Crippen molar-refractivity contribution in [3.05, 3.63) is 35.5 Å². The van der Waals surface area contributed by atoms with Crippen LogP contribution in [-0.4, -0.2) is 28.7 Å². The molecule has 3 saturated carbocycles. The second kappa shape index (κ2) is 6.97. The van der Waals surface area contributed by atoms with Gasteiger partial charge in [0.15, 0.2) is 5.78 Å². The van der Waals surface area contributed by atoms with Crippen LogP contribution in [0.2, 0.25) is 0 Å². The molecule has 0 heterocycles. The standard InChI is InChI=1S/C21H30O3/c1-14-5-8-17(23)12-16(14)7-6-15-4-3-11-21(2)18(15)9-10-19(21)20(24)13-22/h6-7,17-19,22-23H,1,3-5,8-13H2,2H3/b15-6+,16-7?/t17-,18-,19+,21-/m0/s1. The normalized spacial score (nSPS) is 40.1. The number of ketones is 1. The van der Waals surface area contributed by atoms with Gasteiger partial charge in [-0.05, 0) is 68.3 Å². The molecule has 0 spiro atoms. The fourth-order valence-electron chi connectivity index (χ4n) is 5.27. The van der Waals surface area contributed by atoms with E-state index in [1.807, 2.05) is 0 Å². The quantitative estimate of drug-likeness (QED) is 0.829. The number of aliphatic hydroxyl groups excluding tert-OH is 2. The summed E-state index contributed by atoms with van der Waals surface area (Å²) in [5, 5.41) is 19.2. The minimum Gasteiger partial charge on any atom is -0.393 e. The van der Waals surface area contributed by atoms with Gasteiger partial charge in [0, 0.05) is 5.92 Å².